The third-order valence-corrected chi connectivity index (χ3v) is 4.79. The fraction of sp³-hybridized carbons (Fsp3) is 0.471. The molecule has 3 heterocycles. The van der Waals surface area contributed by atoms with Crippen LogP contribution >= 0.6 is 12.2 Å². The zero-order valence-corrected chi connectivity index (χ0v) is 14.6. The summed E-state index contributed by atoms with van der Waals surface area (Å²) in [7, 11) is 0. The van der Waals surface area contributed by atoms with E-state index in [9.17, 15) is 4.79 Å². The molecule has 0 aliphatic carbocycles. The van der Waals surface area contributed by atoms with Crippen LogP contribution in [0.4, 0.5) is 5.69 Å². The maximum atomic E-state index is 11.0. The predicted octanol–water partition coefficient (Wildman–Crippen LogP) is 1.54. The zero-order valence-electron chi connectivity index (χ0n) is 13.8. The monoisotopic (exact) mass is 345 g/mol. The smallest absolute Gasteiger partial charge is 0.221 e. The molecule has 0 spiro atoms. The molecule has 1 aromatic rings. The van der Waals surface area contributed by atoms with Crippen LogP contribution in [0.25, 0.3) is 0 Å². The van der Waals surface area contributed by atoms with Crippen molar-refractivity contribution in [2.45, 2.75) is 25.8 Å². The van der Waals surface area contributed by atoms with Crippen LogP contribution in [-0.2, 0) is 4.79 Å². The van der Waals surface area contributed by atoms with Gasteiger partial charge in [-0.05, 0) is 61.8 Å². The van der Waals surface area contributed by atoms with E-state index in [1.807, 2.05) is 24.3 Å². The topological polar surface area (TPSA) is 68.8 Å². The highest BCUT2D eigenvalue weighted by molar-refractivity contribution is 7.80. The quantitative estimate of drug-likeness (QED) is 0.439. The molecule has 0 unspecified atom stereocenters. The second-order valence-corrected chi connectivity index (χ2v) is 6.80. The van der Waals surface area contributed by atoms with Gasteiger partial charge in [0.1, 0.15) is 0 Å². The summed E-state index contributed by atoms with van der Waals surface area (Å²) in [5, 5.41) is 10.9. The molecule has 1 atom stereocenters. The van der Waals surface area contributed by atoms with E-state index in [1.165, 1.54) is 32.9 Å². The number of nitrogens with one attached hydrogen (secondary N) is 3. The number of benzene rings is 1. The summed E-state index contributed by atoms with van der Waals surface area (Å²) in [4.78, 5) is 13.5. The van der Waals surface area contributed by atoms with Gasteiger partial charge in [-0.1, -0.05) is 12.1 Å². The molecular formula is C17H23N5OS. The van der Waals surface area contributed by atoms with E-state index in [0.29, 0.717) is 11.2 Å². The largest absolute Gasteiger partial charge is 0.357 e. The van der Waals surface area contributed by atoms with Gasteiger partial charge in [-0.15, -0.1) is 0 Å². The van der Waals surface area contributed by atoms with Crippen LogP contribution < -0.4 is 16.1 Å². The molecule has 0 aromatic heterocycles. The van der Waals surface area contributed by atoms with Gasteiger partial charge in [0.15, 0.2) is 5.11 Å². The van der Waals surface area contributed by atoms with Crippen molar-refractivity contribution in [2.75, 3.05) is 25.0 Å². The standard InChI is InChI=1S/C17H23N5OS/c1-12(23)19-15-4-2-13(3-5-15)10-18-21-17(24)20-16-11-22-8-6-14(16)7-9-22/h2-5,10,14,16H,6-9,11H2,1H3,(H,19,23)(H2,20,21,24)/b18-10-/t16-/m1/s1. The van der Waals surface area contributed by atoms with E-state index in [-0.39, 0.29) is 5.91 Å². The van der Waals surface area contributed by atoms with Gasteiger partial charge in [0.2, 0.25) is 5.91 Å². The van der Waals surface area contributed by atoms with Gasteiger partial charge in [0, 0.05) is 25.2 Å². The van der Waals surface area contributed by atoms with E-state index < -0.39 is 0 Å². The summed E-state index contributed by atoms with van der Waals surface area (Å²) in [5.41, 5.74) is 4.59. The average Bonchev–Trinajstić information content (AvgIpc) is 2.57. The number of fused-ring (bicyclic) bond motifs is 3. The van der Waals surface area contributed by atoms with Gasteiger partial charge < -0.3 is 15.5 Å². The Morgan fingerprint density at radius 3 is 2.58 bits per heavy atom. The van der Waals surface area contributed by atoms with Gasteiger partial charge >= 0.3 is 0 Å². The summed E-state index contributed by atoms with van der Waals surface area (Å²) in [5.74, 6) is 0.641. The number of rotatable bonds is 4. The summed E-state index contributed by atoms with van der Waals surface area (Å²) in [6, 6.07) is 7.89. The molecule has 24 heavy (non-hydrogen) atoms. The third-order valence-electron chi connectivity index (χ3n) is 4.58. The molecule has 0 saturated carbocycles. The van der Waals surface area contributed by atoms with E-state index >= 15 is 0 Å². The molecule has 1 amide bonds. The number of amides is 1. The first-order valence-corrected chi connectivity index (χ1v) is 8.70. The van der Waals surface area contributed by atoms with Crippen molar-refractivity contribution in [1.29, 1.82) is 0 Å². The van der Waals surface area contributed by atoms with Crippen molar-refractivity contribution < 1.29 is 4.79 Å². The van der Waals surface area contributed by atoms with Crippen molar-refractivity contribution in [3.05, 3.63) is 29.8 Å². The fourth-order valence-electron chi connectivity index (χ4n) is 3.35. The summed E-state index contributed by atoms with van der Waals surface area (Å²) in [6.07, 6.45) is 4.22. The number of hydrazone groups is 1. The average molecular weight is 345 g/mol. The predicted molar refractivity (Wildman–Crippen MR) is 100 cm³/mol. The molecule has 3 aliphatic rings. The number of piperidine rings is 3. The second-order valence-electron chi connectivity index (χ2n) is 6.39. The van der Waals surface area contributed by atoms with Crippen molar-refractivity contribution in [3.8, 4) is 0 Å². The van der Waals surface area contributed by atoms with Gasteiger partial charge in [0.25, 0.3) is 0 Å². The Morgan fingerprint density at radius 1 is 1.29 bits per heavy atom. The fourth-order valence-corrected chi connectivity index (χ4v) is 3.55. The lowest BCUT2D eigenvalue weighted by atomic mass is 9.84. The zero-order chi connectivity index (χ0) is 16.9. The number of carbonyl (C=O) groups excluding carboxylic acids is 1. The third kappa shape index (κ3) is 4.52. The molecule has 2 bridgehead atoms. The molecule has 3 aliphatic heterocycles. The van der Waals surface area contributed by atoms with Gasteiger partial charge in [-0.2, -0.15) is 5.10 Å². The second kappa shape index (κ2) is 7.72. The lowest BCUT2D eigenvalue weighted by molar-refractivity contribution is -0.114. The molecule has 3 saturated heterocycles. The van der Waals surface area contributed by atoms with Crippen LogP contribution in [0.5, 0.6) is 0 Å². The van der Waals surface area contributed by atoms with E-state index in [4.69, 9.17) is 12.2 Å². The van der Waals surface area contributed by atoms with Crippen molar-refractivity contribution in [3.63, 3.8) is 0 Å². The van der Waals surface area contributed by atoms with E-state index in [0.717, 1.165) is 23.7 Å². The maximum absolute atomic E-state index is 11.0. The summed E-state index contributed by atoms with van der Waals surface area (Å²) < 4.78 is 0. The minimum atomic E-state index is -0.0813. The molecule has 0 radical (unpaired) electrons. The number of hydrogen-bond acceptors (Lipinski definition) is 4. The Hall–Kier alpha value is -1.99. The molecule has 3 fully saturated rings. The van der Waals surface area contributed by atoms with Gasteiger partial charge in [-0.25, -0.2) is 0 Å². The number of thiocarbonyl (C=S) groups is 1. The minimum Gasteiger partial charge on any atom is -0.357 e. The molecule has 4 rings (SSSR count). The molecular weight excluding hydrogens is 322 g/mol. The van der Waals surface area contributed by atoms with Crippen LogP contribution in [0.15, 0.2) is 29.4 Å². The number of carbonyl (C=O) groups is 1. The molecule has 7 heteroatoms. The van der Waals surface area contributed by atoms with Crippen LogP contribution in [0, 0.1) is 5.92 Å². The number of hydrogen-bond donors (Lipinski definition) is 3. The van der Waals surface area contributed by atoms with E-state index in [2.05, 4.69) is 26.1 Å². The number of nitrogens with zero attached hydrogens (tertiary/aromatic N) is 2. The van der Waals surface area contributed by atoms with Gasteiger partial charge in [-0.3, -0.25) is 10.2 Å². The van der Waals surface area contributed by atoms with Crippen molar-refractivity contribution >= 4 is 35.1 Å². The first-order valence-electron chi connectivity index (χ1n) is 8.30. The van der Waals surface area contributed by atoms with Crippen molar-refractivity contribution in [1.82, 2.24) is 15.6 Å². The lowest BCUT2D eigenvalue weighted by Crippen LogP contribution is -2.58. The van der Waals surface area contributed by atoms with Crippen LogP contribution in [0.2, 0.25) is 0 Å². The van der Waals surface area contributed by atoms with Gasteiger partial charge in [0.05, 0.1) is 6.21 Å². The molecule has 6 nitrogen and oxygen atoms in total. The SMILES string of the molecule is CC(=O)Nc1ccc(/C=N\NC(=S)N[C@@H]2CN3CCC2CC3)cc1. The summed E-state index contributed by atoms with van der Waals surface area (Å²) in [6.45, 7) is 4.99. The first kappa shape index (κ1) is 16.9. The van der Waals surface area contributed by atoms with Crippen LogP contribution in [0.3, 0.4) is 0 Å². The highest BCUT2D eigenvalue weighted by Crippen LogP contribution is 2.27. The summed E-state index contributed by atoms with van der Waals surface area (Å²) >= 11 is 5.33. The molecule has 3 N–H and O–H groups in total. The molecule has 1 aromatic carbocycles. The van der Waals surface area contributed by atoms with E-state index in [1.54, 1.807) is 6.21 Å². The Labute approximate surface area is 147 Å². The lowest BCUT2D eigenvalue weighted by Gasteiger charge is -2.45. The Balaban J connectivity index is 1.45. The van der Waals surface area contributed by atoms with Crippen LogP contribution in [0.1, 0.15) is 25.3 Å². The normalized spacial score (nSPS) is 25.5. The maximum Gasteiger partial charge on any atom is 0.221 e. The number of anilines is 1. The first-order chi connectivity index (χ1) is 11.6. The Bertz CT molecular complexity index is 622. The molecule has 128 valence electrons. The minimum absolute atomic E-state index is 0.0813. The van der Waals surface area contributed by atoms with Crippen LogP contribution in [-0.4, -0.2) is 47.8 Å². The van der Waals surface area contributed by atoms with Crippen molar-refractivity contribution in [2.24, 2.45) is 11.0 Å². The highest BCUT2D eigenvalue weighted by Gasteiger charge is 2.34. The highest BCUT2D eigenvalue weighted by atomic mass is 32.1. The Kier molecular flexibility index (Phi) is 5.42. The Morgan fingerprint density at radius 2 is 2.00 bits per heavy atom.